The molecule has 4 nitrogen and oxygen atoms in total. The van der Waals surface area contributed by atoms with Crippen molar-refractivity contribution >= 4 is 11.9 Å². The van der Waals surface area contributed by atoms with Crippen LogP contribution in [-0.4, -0.2) is 11.9 Å². The van der Waals surface area contributed by atoms with E-state index in [0.29, 0.717) is 0 Å². The van der Waals surface area contributed by atoms with Crippen LogP contribution in [0.15, 0.2) is 65.3 Å². The quantitative estimate of drug-likeness (QED) is 0.632. The second-order valence-corrected chi connectivity index (χ2v) is 5.03. The van der Waals surface area contributed by atoms with Crippen molar-refractivity contribution in [1.82, 2.24) is 0 Å². The number of fused-ring (bicyclic) bond motifs is 2. The van der Waals surface area contributed by atoms with Crippen LogP contribution in [0, 0.1) is 5.92 Å². The summed E-state index contributed by atoms with van der Waals surface area (Å²) in [5.41, 5.74) is 4.09. The topological polar surface area (TPSA) is 52.6 Å². The third kappa shape index (κ3) is 2.65. The second-order valence-electron chi connectivity index (χ2n) is 5.03. The lowest BCUT2D eigenvalue weighted by atomic mass is 9.99. The molecule has 1 aromatic carbocycles. The first-order chi connectivity index (χ1) is 10.1. The van der Waals surface area contributed by atoms with Crippen molar-refractivity contribution in [3.8, 4) is 0 Å². The molecule has 0 N–H and O–H groups in total. The van der Waals surface area contributed by atoms with E-state index in [2.05, 4.69) is 9.78 Å². The van der Waals surface area contributed by atoms with Gasteiger partial charge in [-0.3, -0.25) is 0 Å². The minimum absolute atomic E-state index is 0.469. The van der Waals surface area contributed by atoms with E-state index >= 15 is 0 Å². The van der Waals surface area contributed by atoms with Crippen LogP contribution in [0.1, 0.15) is 12.5 Å². The van der Waals surface area contributed by atoms with Gasteiger partial charge in [0.2, 0.25) is 0 Å². The highest BCUT2D eigenvalue weighted by molar-refractivity contribution is 5.86. The van der Waals surface area contributed by atoms with Crippen LogP contribution in [0.5, 0.6) is 0 Å². The molecule has 2 aliphatic rings. The number of benzene rings is 1. The van der Waals surface area contributed by atoms with Crippen molar-refractivity contribution in [2.24, 2.45) is 5.92 Å². The molecule has 1 unspecified atom stereocenters. The molecule has 0 amide bonds. The predicted octanol–water partition coefficient (Wildman–Crippen LogP) is 2.67. The van der Waals surface area contributed by atoms with Crippen molar-refractivity contribution in [3.63, 3.8) is 0 Å². The fourth-order valence-electron chi connectivity index (χ4n) is 2.65. The summed E-state index contributed by atoms with van der Waals surface area (Å²) in [6.07, 6.45) is 6.58. The van der Waals surface area contributed by atoms with Gasteiger partial charge in [0.15, 0.2) is 0 Å². The number of rotatable bonds is 3. The summed E-state index contributed by atoms with van der Waals surface area (Å²) < 4.78 is 0. The largest absolute Gasteiger partial charge is 0.367 e. The highest BCUT2D eigenvalue weighted by Crippen LogP contribution is 2.41. The fourth-order valence-corrected chi connectivity index (χ4v) is 2.65. The van der Waals surface area contributed by atoms with Gasteiger partial charge in [0.1, 0.15) is 5.92 Å². The van der Waals surface area contributed by atoms with E-state index in [9.17, 15) is 9.59 Å². The van der Waals surface area contributed by atoms with Crippen molar-refractivity contribution in [3.05, 3.63) is 70.8 Å². The molecule has 3 rings (SSSR count). The SMILES string of the molecule is CC(=O)OOC(=O)C1C2=CC(Cc3ccccc3)=C1C=C2. The predicted molar refractivity (Wildman–Crippen MR) is 75.7 cm³/mol. The lowest BCUT2D eigenvalue weighted by Crippen LogP contribution is -2.18. The van der Waals surface area contributed by atoms with E-state index in [1.54, 1.807) is 0 Å². The number of hydrogen-bond donors (Lipinski definition) is 0. The Bertz CT molecular complexity index is 680. The molecule has 21 heavy (non-hydrogen) atoms. The molecular weight excluding hydrogens is 268 g/mol. The van der Waals surface area contributed by atoms with Crippen LogP contribution < -0.4 is 0 Å². The van der Waals surface area contributed by atoms with Crippen molar-refractivity contribution < 1.29 is 19.4 Å². The first kappa shape index (κ1) is 13.4. The monoisotopic (exact) mass is 282 g/mol. The molecule has 106 valence electrons. The molecule has 0 saturated heterocycles. The zero-order valence-corrected chi connectivity index (χ0v) is 11.5. The molecule has 0 aliphatic heterocycles. The Kier molecular flexibility index (Phi) is 3.44. The van der Waals surface area contributed by atoms with Gasteiger partial charge < -0.3 is 0 Å². The first-order valence-electron chi connectivity index (χ1n) is 6.71. The van der Waals surface area contributed by atoms with Gasteiger partial charge in [-0.05, 0) is 28.7 Å². The lowest BCUT2D eigenvalue weighted by molar-refractivity contribution is -0.258. The minimum Gasteiger partial charge on any atom is -0.248 e. The van der Waals surface area contributed by atoms with E-state index in [0.717, 1.165) is 23.1 Å². The van der Waals surface area contributed by atoms with E-state index in [4.69, 9.17) is 0 Å². The molecule has 0 aromatic heterocycles. The molecule has 0 heterocycles. The molecule has 0 radical (unpaired) electrons. The minimum atomic E-state index is -0.644. The summed E-state index contributed by atoms with van der Waals surface area (Å²) >= 11 is 0. The summed E-state index contributed by atoms with van der Waals surface area (Å²) in [6, 6.07) is 10.0. The van der Waals surface area contributed by atoms with Gasteiger partial charge in [-0.25, -0.2) is 19.4 Å². The van der Waals surface area contributed by atoms with Gasteiger partial charge in [-0.1, -0.05) is 48.6 Å². The van der Waals surface area contributed by atoms with E-state index in [-0.39, 0.29) is 0 Å². The summed E-state index contributed by atoms with van der Waals surface area (Å²) in [5.74, 6) is -1.67. The third-order valence-electron chi connectivity index (χ3n) is 3.53. The lowest BCUT2D eigenvalue weighted by Gasteiger charge is -2.09. The molecular formula is C17H14O4. The third-order valence-corrected chi connectivity index (χ3v) is 3.53. The van der Waals surface area contributed by atoms with Crippen LogP contribution in [-0.2, 0) is 25.8 Å². The Labute approximate surface area is 122 Å². The zero-order valence-electron chi connectivity index (χ0n) is 11.5. The van der Waals surface area contributed by atoms with Crippen molar-refractivity contribution in [1.29, 1.82) is 0 Å². The maximum atomic E-state index is 12.0. The van der Waals surface area contributed by atoms with E-state index in [1.165, 1.54) is 12.5 Å². The summed E-state index contributed by atoms with van der Waals surface area (Å²) in [5, 5.41) is 0. The van der Waals surface area contributed by atoms with Crippen LogP contribution in [0.2, 0.25) is 0 Å². The van der Waals surface area contributed by atoms with Gasteiger partial charge in [-0.15, -0.1) is 0 Å². The van der Waals surface area contributed by atoms with Gasteiger partial charge in [-0.2, -0.15) is 0 Å². The summed E-state index contributed by atoms with van der Waals surface area (Å²) in [6.45, 7) is 1.19. The Balaban J connectivity index is 1.76. The van der Waals surface area contributed by atoms with Crippen LogP contribution in [0.4, 0.5) is 0 Å². The number of carbonyl (C=O) groups excluding carboxylic acids is 2. The van der Waals surface area contributed by atoms with Gasteiger partial charge >= 0.3 is 11.9 Å². The Morgan fingerprint density at radius 2 is 1.86 bits per heavy atom. The Hall–Kier alpha value is -2.62. The van der Waals surface area contributed by atoms with Gasteiger partial charge in [0, 0.05) is 6.92 Å². The number of hydrogen-bond acceptors (Lipinski definition) is 4. The zero-order chi connectivity index (χ0) is 14.8. The molecule has 2 bridgehead atoms. The number of allylic oxidation sites excluding steroid dienone is 4. The highest BCUT2D eigenvalue weighted by Gasteiger charge is 2.37. The van der Waals surface area contributed by atoms with Gasteiger partial charge in [0.05, 0.1) is 0 Å². The number of carbonyl (C=O) groups is 2. The van der Waals surface area contributed by atoms with Crippen LogP contribution >= 0.6 is 0 Å². The summed E-state index contributed by atoms with van der Waals surface area (Å²) in [7, 11) is 0. The van der Waals surface area contributed by atoms with Crippen LogP contribution in [0.25, 0.3) is 0 Å². The fraction of sp³-hybridized carbons (Fsp3) is 0.176. The van der Waals surface area contributed by atoms with E-state index in [1.807, 2.05) is 48.6 Å². The molecule has 1 atom stereocenters. The Morgan fingerprint density at radius 1 is 1.10 bits per heavy atom. The highest BCUT2D eigenvalue weighted by atomic mass is 17.2. The van der Waals surface area contributed by atoms with Crippen molar-refractivity contribution in [2.75, 3.05) is 0 Å². The average molecular weight is 282 g/mol. The van der Waals surface area contributed by atoms with Crippen LogP contribution in [0.3, 0.4) is 0 Å². The maximum absolute atomic E-state index is 12.0. The van der Waals surface area contributed by atoms with E-state index < -0.39 is 17.9 Å². The molecule has 2 aliphatic carbocycles. The smallest absolute Gasteiger partial charge is 0.248 e. The first-order valence-corrected chi connectivity index (χ1v) is 6.71. The molecule has 1 aromatic rings. The molecule has 0 fully saturated rings. The van der Waals surface area contributed by atoms with Crippen molar-refractivity contribution in [2.45, 2.75) is 13.3 Å². The van der Waals surface area contributed by atoms with Gasteiger partial charge in [0.25, 0.3) is 0 Å². The molecule has 0 saturated carbocycles. The second kappa shape index (κ2) is 5.40. The maximum Gasteiger partial charge on any atom is 0.367 e. The molecule has 0 spiro atoms. The summed E-state index contributed by atoms with van der Waals surface area (Å²) in [4.78, 5) is 31.6. The Morgan fingerprint density at radius 3 is 2.57 bits per heavy atom. The standard InChI is InChI=1S/C17H14O4/c1-11(18)20-21-17(19)16-13-7-8-15(16)14(10-13)9-12-5-3-2-4-6-12/h2-8,10,16H,9H2,1H3. The normalized spacial score (nSPS) is 18.7. The molecule has 4 heteroatoms. The average Bonchev–Trinajstić information content (AvgIpc) is 3.03.